The zero-order chi connectivity index (χ0) is 21.8. The number of rotatable bonds is 5. The first kappa shape index (κ1) is 20.5. The zero-order valence-electron chi connectivity index (χ0n) is 17.0. The minimum atomic E-state index is -0.546. The molecule has 150 valence electrons. The first-order valence-electron chi connectivity index (χ1n) is 9.19. The Balaban J connectivity index is 2.17. The number of hydrogen-bond acceptors (Lipinski definition) is 6. The average molecular weight is 399 g/mol. The summed E-state index contributed by atoms with van der Waals surface area (Å²) in [6.07, 6.45) is 0.232. The number of nitrogens with two attached hydrogens (primary N) is 1. The van der Waals surface area contributed by atoms with Crippen molar-refractivity contribution in [3.05, 3.63) is 81.1 Å². The third-order valence-corrected chi connectivity index (χ3v) is 4.91. The maximum absolute atomic E-state index is 13.1. The number of nitrogen functional groups attached to an aromatic ring is 1. The number of methoxy groups -OCH3 is 1. The van der Waals surface area contributed by atoms with Gasteiger partial charge in [-0.25, -0.2) is 0 Å². The number of pyridine rings is 1. The standard InChI is InChI=1S/C23H21N5O2/c1-27(2)16-6-8-17(9-7-16)28-22(26)20(13-24)19(21(14-25)23(28)29)12-15-4-10-18(30-3)11-5-15/h4-11H,12,26H2,1-3H3. The monoisotopic (exact) mass is 399 g/mol. The van der Waals surface area contributed by atoms with E-state index in [1.807, 2.05) is 49.3 Å². The van der Waals surface area contributed by atoms with Gasteiger partial charge in [-0.2, -0.15) is 10.5 Å². The van der Waals surface area contributed by atoms with E-state index in [2.05, 4.69) is 6.07 Å². The van der Waals surface area contributed by atoms with Crippen molar-refractivity contribution in [3.63, 3.8) is 0 Å². The highest BCUT2D eigenvalue weighted by atomic mass is 16.5. The van der Waals surface area contributed by atoms with Gasteiger partial charge in [-0.3, -0.25) is 9.36 Å². The van der Waals surface area contributed by atoms with E-state index in [1.165, 1.54) is 4.57 Å². The van der Waals surface area contributed by atoms with Crippen molar-refractivity contribution in [3.8, 4) is 23.6 Å². The predicted octanol–water partition coefficient (Wildman–Crippen LogP) is 2.83. The van der Waals surface area contributed by atoms with E-state index in [9.17, 15) is 15.3 Å². The lowest BCUT2D eigenvalue weighted by molar-refractivity contribution is 0.414. The Kier molecular flexibility index (Phi) is 5.75. The molecule has 2 N–H and O–H groups in total. The lowest BCUT2D eigenvalue weighted by Crippen LogP contribution is -2.27. The summed E-state index contributed by atoms with van der Waals surface area (Å²) in [6.45, 7) is 0. The molecule has 1 heterocycles. The van der Waals surface area contributed by atoms with Crippen molar-refractivity contribution in [1.29, 1.82) is 10.5 Å². The Bertz CT molecular complexity index is 1210. The molecule has 0 radical (unpaired) electrons. The maximum Gasteiger partial charge on any atom is 0.274 e. The smallest absolute Gasteiger partial charge is 0.274 e. The third-order valence-electron chi connectivity index (χ3n) is 4.91. The molecule has 0 aliphatic heterocycles. The first-order chi connectivity index (χ1) is 14.4. The molecule has 1 aromatic heterocycles. The molecule has 2 aromatic carbocycles. The van der Waals surface area contributed by atoms with E-state index in [0.717, 1.165) is 11.3 Å². The number of benzene rings is 2. The number of hydrogen-bond donors (Lipinski definition) is 1. The molecule has 7 nitrogen and oxygen atoms in total. The molecular formula is C23H21N5O2. The average Bonchev–Trinajstić information content (AvgIpc) is 2.75. The third kappa shape index (κ3) is 3.69. The summed E-state index contributed by atoms with van der Waals surface area (Å²) >= 11 is 0. The summed E-state index contributed by atoms with van der Waals surface area (Å²) in [4.78, 5) is 15.1. The molecule has 0 saturated carbocycles. The van der Waals surface area contributed by atoms with Crippen LogP contribution in [0.25, 0.3) is 5.69 Å². The highest BCUT2D eigenvalue weighted by Gasteiger charge is 2.21. The van der Waals surface area contributed by atoms with Crippen LogP contribution in [0.15, 0.2) is 53.3 Å². The Morgan fingerprint density at radius 1 is 1.00 bits per heavy atom. The minimum Gasteiger partial charge on any atom is -0.497 e. The second kappa shape index (κ2) is 8.42. The van der Waals surface area contributed by atoms with Crippen LogP contribution >= 0.6 is 0 Å². The van der Waals surface area contributed by atoms with Crippen LogP contribution in [0.1, 0.15) is 22.3 Å². The fraction of sp³-hybridized carbons (Fsp3) is 0.174. The van der Waals surface area contributed by atoms with Crippen molar-refractivity contribution in [1.82, 2.24) is 4.57 Å². The van der Waals surface area contributed by atoms with Gasteiger partial charge in [0.05, 0.1) is 18.4 Å². The summed E-state index contributed by atoms with van der Waals surface area (Å²) in [7, 11) is 5.39. The Hall–Kier alpha value is -4.23. The van der Waals surface area contributed by atoms with Crippen LogP contribution < -0.4 is 20.9 Å². The molecule has 0 atom stereocenters. The van der Waals surface area contributed by atoms with E-state index < -0.39 is 5.56 Å². The second-order valence-corrected chi connectivity index (χ2v) is 6.91. The Morgan fingerprint density at radius 3 is 2.10 bits per heavy atom. The van der Waals surface area contributed by atoms with Crippen molar-refractivity contribution in [2.24, 2.45) is 0 Å². The molecule has 0 aliphatic rings. The van der Waals surface area contributed by atoms with Gasteiger partial charge in [-0.15, -0.1) is 0 Å². The maximum atomic E-state index is 13.1. The molecule has 0 aliphatic carbocycles. The number of nitrogens with zero attached hydrogens (tertiary/aromatic N) is 4. The molecular weight excluding hydrogens is 378 g/mol. The fourth-order valence-corrected chi connectivity index (χ4v) is 3.26. The van der Waals surface area contributed by atoms with Crippen LogP contribution in [0.2, 0.25) is 0 Å². The van der Waals surface area contributed by atoms with Gasteiger partial charge in [0.1, 0.15) is 29.3 Å². The molecule has 30 heavy (non-hydrogen) atoms. The number of ether oxygens (including phenoxy) is 1. The van der Waals surface area contributed by atoms with Gasteiger partial charge in [0.25, 0.3) is 5.56 Å². The van der Waals surface area contributed by atoms with Gasteiger partial charge in [-0.1, -0.05) is 12.1 Å². The summed E-state index contributed by atoms with van der Waals surface area (Å²) < 4.78 is 6.37. The largest absolute Gasteiger partial charge is 0.497 e. The number of anilines is 2. The van der Waals surface area contributed by atoms with Crippen LogP contribution in [0.3, 0.4) is 0 Å². The molecule has 0 fully saturated rings. The van der Waals surface area contributed by atoms with E-state index in [-0.39, 0.29) is 23.4 Å². The Labute approximate surface area is 174 Å². The van der Waals surface area contributed by atoms with Gasteiger partial charge in [0.15, 0.2) is 0 Å². The molecule has 0 amide bonds. The van der Waals surface area contributed by atoms with E-state index in [4.69, 9.17) is 10.5 Å². The second-order valence-electron chi connectivity index (χ2n) is 6.91. The number of aromatic nitrogens is 1. The highest BCUT2D eigenvalue weighted by Crippen LogP contribution is 2.25. The summed E-state index contributed by atoms with van der Waals surface area (Å²) in [6, 6.07) is 18.4. The molecule has 3 rings (SSSR count). The van der Waals surface area contributed by atoms with Crippen LogP contribution in [0.4, 0.5) is 11.5 Å². The van der Waals surface area contributed by atoms with E-state index >= 15 is 0 Å². The van der Waals surface area contributed by atoms with Gasteiger partial charge in [-0.05, 0) is 42.0 Å². The number of nitriles is 2. The van der Waals surface area contributed by atoms with Crippen molar-refractivity contribution >= 4 is 11.5 Å². The van der Waals surface area contributed by atoms with Crippen LogP contribution in [-0.2, 0) is 6.42 Å². The van der Waals surface area contributed by atoms with Gasteiger partial charge in [0.2, 0.25) is 0 Å². The normalized spacial score (nSPS) is 10.2. The van der Waals surface area contributed by atoms with Gasteiger partial charge < -0.3 is 15.4 Å². The SMILES string of the molecule is COc1ccc(Cc2c(C#N)c(N)n(-c3ccc(N(C)C)cc3)c(=O)c2C#N)cc1. The van der Waals surface area contributed by atoms with Crippen LogP contribution in [0.5, 0.6) is 5.75 Å². The fourth-order valence-electron chi connectivity index (χ4n) is 3.26. The quantitative estimate of drug-likeness (QED) is 0.707. The predicted molar refractivity (Wildman–Crippen MR) is 116 cm³/mol. The van der Waals surface area contributed by atoms with E-state index in [1.54, 1.807) is 31.4 Å². The van der Waals surface area contributed by atoms with Crippen molar-refractivity contribution in [2.75, 3.05) is 31.8 Å². The lowest BCUT2D eigenvalue weighted by Gasteiger charge is -2.17. The van der Waals surface area contributed by atoms with Gasteiger partial charge >= 0.3 is 0 Å². The van der Waals surface area contributed by atoms with Crippen molar-refractivity contribution < 1.29 is 4.74 Å². The Morgan fingerprint density at radius 2 is 1.60 bits per heavy atom. The molecule has 3 aromatic rings. The molecule has 0 saturated heterocycles. The topological polar surface area (TPSA) is 108 Å². The van der Waals surface area contributed by atoms with Crippen LogP contribution in [0, 0.1) is 22.7 Å². The molecule has 0 unspecified atom stereocenters. The molecule has 0 bridgehead atoms. The summed E-state index contributed by atoms with van der Waals surface area (Å²) in [5.41, 5.74) is 8.33. The lowest BCUT2D eigenvalue weighted by atomic mass is 9.96. The molecule has 0 spiro atoms. The molecule has 7 heteroatoms. The first-order valence-corrected chi connectivity index (χ1v) is 9.19. The van der Waals surface area contributed by atoms with Crippen LogP contribution in [-0.4, -0.2) is 25.8 Å². The van der Waals surface area contributed by atoms with E-state index in [0.29, 0.717) is 17.0 Å². The highest BCUT2D eigenvalue weighted by molar-refractivity contribution is 5.63. The minimum absolute atomic E-state index is 0.0163. The summed E-state index contributed by atoms with van der Waals surface area (Å²) in [5.74, 6) is 0.707. The summed E-state index contributed by atoms with van der Waals surface area (Å²) in [5, 5.41) is 19.5. The zero-order valence-corrected chi connectivity index (χ0v) is 17.0. The van der Waals surface area contributed by atoms with Gasteiger partial charge in [0, 0.05) is 31.8 Å². The van der Waals surface area contributed by atoms with Crippen molar-refractivity contribution in [2.45, 2.75) is 6.42 Å².